The maximum Gasteiger partial charge on any atom is 0.233 e. The lowest BCUT2D eigenvalue weighted by Gasteiger charge is -2.26. The standard InChI is InChI=1S/C25H31N5O2S/c1-28(2)21-13-11-19(12-14-21)16-30(17-22-10-7-15-32-22)23(31)18-33-25-27-26-24(29(25)3)20-8-5-4-6-9-20/h4-6,8-9,11-14,22H,7,10,15-18H2,1-3H3/t22-/m0/s1. The molecular formula is C25H31N5O2S. The van der Waals surface area contributed by atoms with E-state index in [2.05, 4.69) is 39.4 Å². The van der Waals surface area contributed by atoms with Gasteiger partial charge < -0.3 is 19.1 Å². The van der Waals surface area contributed by atoms with Crippen LogP contribution in [-0.4, -0.2) is 64.7 Å². The second-order valence-corrected chi connectivity index (χ2v) is 9.43. The van der Waals surface area contributed by atoms with Crippen molar-refractivity contribution in [2.45, 2.75) is 30.6 Å². The van der Waals surface area contributed by atoms with Crippen molar-refractivity contribution in [2.24, 2.45) is 7.05 Å². The van der Waals surface area contributed by atoms with Crippen LogP contribution in [-0.2, 0) is 23.1 Å². The average Bonchev–Trinajstić information content (AvgIpc) is 3.47. The Labute approximate surface area is 199 Å². The number of amides is 1. The number of hydrogen-bond acceptors (Lipinski definition) is 6. The fraction of sp³-hybridized carbons (Fsp3) is 0.400. The molecule has 1 fully saturated rings. The Bertz CT molecular complexity index is 1050. The molecule has 1 saturated heterocycles. The minimum absolute atomic E-state index is 0.0800. The van der Waals surface area contributed by atoms with Gasteiger partial charge in [0.25, 0.3) is 0 Å². The van der Waals surface area contributed by atoms with Gasteiger partial charge >= 0.3 is 0 Å². The van der Waals surface area contributed by atoms with Gasteiger partial charge in [0, 0.05) is 52.1 Å². The fourth-order valence-corrected chi connectivity index (χ4v) is 4.72. The molecular weight excluding hydrogens is 434 g/mol. The van der Waals surface area contributed by atoms with Crippen molar-refractivity contribution in [1.29, 1.82) is 0 Å². The number of ether oxygens (including phenoxy) is 1. The number of rotatable bonds is 9. The lowest BCUT2D eigenvalue weighted by atomic mass is 10.1. The summed E-state index contributed by atoms with van der Waals surface area (Å²) in [7, 11) is 5.98. The number of aromatic nitrogens is 3. The summed E-state index contributed by atoms with van der Waals surface area (Å²) in [6.07, 6.45) is 2.17. The van der Waals surface area contributed by atoms with E-state index in [1.54, 1.807) is 0 Å². The van der Waals surface area contributed by atoms with Gasteiger partial charge in [0.1, 0.15) is 0 Å². The number of thioether (sulfide) groups is 1. The third-order valence-electron chi connectivity index (χ3n) is 5.82. The fourth-order valence-electron chi connectivity index (χ4n) is 3.91. The number of anilines is 1. The molecule has 1 amide bonds. The van der Waals surface area contributed by atoms with E-state index >= 15 is 0 Å². The summed E-state index contributed by atoms with van der Waals surface area (Å²) in [5.74, 6) is 1.18. The highest BCUT2D eigenvalue weighted by molar-refractivity contribution is 7.99. The summed E-state index contributed by atoms with van der Waals surface area (Å²) in [5, 5.41) is 9.37. The van der Waals surface area contributed by atoms with Gasteiger partial charge in [-0.1, -0.05) is 54.2 Å². The first-order valence-corrected chi connectivity index (χ1v) is 12.2. The Hall–Kier alpha value is -2.84. The molecule has 0 aliphatic carbocycles. The summed E-state index contributed by atoms with van der Waals surface area (Å²) in [5.41, 5.74) is 3.26. The normalized spacial score (nSPS) is 15.5. The molecule has 2 aromatic carbocycles. The third-order valence-corrected chi connectivity index (χ3v) is 6.82. The van der Waals surface area contributed by atoms with Crippen LogP contribution in [0.4, 0.5) is 5.69 Å². The van der Waals surface area contributed by atoms with E-state index in [-0.39, 0.29) is 12.0 Å². The summed E-state index contributed by atoms with van der Waals surface area (Å²) in [4.78, 5) is 17.2. The Morgan fingerprint density at radius 2 is 1.88 bits per heavy atom. The molecule has 174 valence electrons. The number of carbonyl (C=O) groups excluding carboxylic acids is 1. The minimum Gasteiger partial charge on any atom is -0.378 e. The molecule has 7 nitrogen and oxygen atoms in total. The summed E-state index contributed by atoms with van der Waals surface area (Å²) >= 11 is 1.42. The largest absolute Gasteiger partial charge is 0.378 e. The maximum atomic E-state index is 13.3. The van der Waals surface area contributed by atoms with Crippen molar-refractivity contribution in [3.05, 3.63) is 60.2 Å². The van der Waals surface area contributed by atoms with E-state index in [1.165, 1.54) is 11.8 Å². The number of benzene rings is 2. The molecule has 8 heteroatoms. The second-order valence-electron chi connectivity index (χ2n) is 8.49. The van der Waals surface area contributed by atoms with Gasteiger partial charge in [-0.05, 0) is 30.5 Å². The molecule has 1 aliphatic heterocycles. The lowest BCUT2D eigenvalue weighted by Crippen LogP contribution is -2.38. The summed E-state index contributed by atoms with van der Waals surface area (Å²) in [6.45, 7) is 1.96. The van der Waals surface area contributed by atoms with Crippen molar-refractivity contribution < 1.29 is 9.53 Å². The van der Waals surface area contributed by atoms with Crippen LogP contribution < -0.4 is 4.90 Å². The smallest absolute Gasteiger partial charge is 0.233 e. The van der Waals surface area contributed by atoms with Crippen molar-refractivity contribution in [3.63, 3.8) is 0 Å². The van der Waals surface area contributed by atoms with Crippen molar-refractivity contribution in [2.75, 3.05) is 37.9 Å². The molecule has 4 rings (SSSR count). The third kappa shape index (κ3) is 5.94. The Balaban J connectivity index is 1.43. The molecule has 2 heterocycles. The Morgan fingerprint density at radius 1 is 1.12 bits per heavy atom. The zero-order valence-electron chi connectivity index (χ0n) is 19.5. The zero-order valence-corrected chi connectivity index (χ0v) is 20.3. The van der Waals surface area contributed by atoms with Crippen LogP contribution in [0.15, 0.2) is 59.8 Å². The van der Waals surface area contributed by atoms with Crippen LogP contribution in [0.3, 0.4) is 0 Å². The van der Waals surface area contributed by atoms with Crippen LogP contribution in [0, 0.1) is 0 Å². The van der Waals surface area contributed by atoms with E-state index in [1.807, 2.05) is 60.9 Å². The summed E-state index contributed by atoms with van der Waals surface area (Å²) < 4.78 is 7.76. The lowest BCUT2D eigenvalue weighted by molar-refractivity contribution is -0.130. The monoisotopic (exact) mass is 465 g/mol. The average molecular weight is 466 g/mol. The molecule has 0 bridgehead atoms. The molecule has 1 atom stereocenters. The molecule has 0 N–H and O–H groups in total. The van der Waals surface area contributed by atoms with E-state index in [9.17, 15) is 4.79 Å². The second kappa shape index (κ2) is 10.9. The molecule has 0 radical (unpaired) electrons. The molecule has 3 aromatic rings. The molecule has 0 unspecified atom stereocenters. The van der Waals surface area contributed by atoms with Crippen LogP contribution in [0.1, 0.15) is 18.4 Å². The van der Waals surface area contributed by atoms with Crippen molar-refractivity contribution in [3.8, 4) is 11.4 Å². The molecule has 33 heavy (non-hydrogen) atoms. The predicted molar refractivity (Wildman–Crippen MR) is 132 cm³/mol. The van der Waals surface area contributed by atoms with Gasteiger partial charge in [-0.25, -0.2) is 0 Å². The van der Waals surface area contributed by atoms with E-state index in [4.69, 9.17) is 4.74 Å². The van der Waals surface area contributed by atoms with Crippen LogP contribution in [0.25, 0.3) is 11.4 Å². The van der Waals surface area contributed by atoms with E-state index in [0.29, 0.717) is 18.8 Å². The van der Waals surface area contributed by atoms with Crippen LogP contribution in [0.5, 0.6) is 0 Å². The number of carbonyl (C=O) groups is 1. The first-order chi connectivity index (χ1) is 16.0. The van der Waals surface area contributed by atoms with Gasteiger partial charge in [0.2, 0.25) is 5.91 Å². The SMILES string of the molecule is CN(C)c1ccc(CN(C[C@@H]2CCCO2)C(=O)CSc2nnc(-c3ccccc3)n2C)cc1. The topological polar surface area (TPSA) is 63.5 Å². The first-order valence-electron chi connectivity index (χ1n) is 11.2. The van der Waals surface area contributed by atoms with Crippen LogP contribution >= 0.6 is 11.8 Å². The molecule has 1 aromatic heterocycles. The highest BCUT2D eigenvalue weighted by Crippen LogP contribution is 2.24. The van der Waals surface area contributed by atoms with Gasteiger partial charge in [-0.2, -0.15) is 0 Å². The zero-order chi connectivity index (χ0) is 23.2. The molecule has 1 aliphatic rings. The maximum absolute atomic E-state index is 13.3. The summed E-state index contributed by atoms with van der Waals surface area (Å²) in [6, 6.07) is 18.3. The van der Waals surface area contributed by atoms with Gasteiger partial charge in [0.15, 0.2) is 11.0 Å². The molecule has 0 saturated carbocycles. The van der Waals surface area contributed by atoms with E-state index < -0.39 is 0 Å². The van der Waals surface area contributed by atoms with E-state index in [0.717, 1.165) is 47.2 Å². The minimum atomic E-state index is 0.0800. The molecule has 0 spiro atoms. The van der Waals surface area contributed by atoms with Gasteiger partial charge in [-0.15, -0.1) is 10.2 Å². The van der Waals surface area contributed by atoms with Crippen molar-refractivity contribution >= 4 is 23.4 Å². The number of nitrogens with zero attached hydrogens (tertiary/aromatic N) is 5. The first kappa shape index (κ1) is 23.3. The van der Waals surface area contributed by atoms with Gasteiger partial charge in [-0.3, -0.25) is 4.79 Å². The highest BCUT2D eigenvalue weighted by atomic mass is 32.2. The van der Waals surface area contributed by atoms with Gasteiger partial charge in [0.05, 0.1) is 11.9 Å². The van der Waals surface area contributed by atoms with Crippen molar-refractivity contribution in [1.82, 2.24) is 19.7 Å². The number of hydrogen-bond donors (Lipinski definition) is 0. The Kier molecular flexibility index (Phi) is 7.67. The Morgan fingerprint density at radius 3 is 2.55 bits per heavy atom. The predicted octanol–water partition coefficient (Wildman–Crippen LogP) is 3.85. The van der Waals surface area contributed by atoms with Crippen LogP contribution in [0.2, 0.25) is 0 Å². The highest BCUT2D eigenvalue weighted by Gasteiger charge is 2.23. The quantitative estimate of drug-likeness (QED) is 0.448.